The standard InChI is InChI=1S/C7H5ClN4.C6H7ClN4.HNO2.Na/c8-6-2-1-5(3-9-6)7-10-4-11-12-7;7-5-2-1-4(3-10-5)6(8)11-9;2-1-3;/h1-4H,(H,10,11,12);1-3H,9H2,(H2,8,11);(H,2,3);/q;;;+1/p-1. The van der Waals surface area contributed by atoms with Crippen molar-refractivity contribution in [2.75, 3.05) is 0 Å². The Hall–Kier alpha value is -2.31. The molecule has 3 heterocycles. The van der Waals surface area contributed by atoms with Crippen molar-refractivity contribution in [1.29, 1.82) is 0 Å². The Morgan fingerprint density at radius 3 is 2.07 bits per heavy atom. The van der Waals surface area contributed by atoms with E-state index in [0.29, 0.717) is 21.7 Å². The first-order valence-corrected chi connectivity index (χ1v) is 7.35. The van der Waals surface area contributed by atoms with Gasteiger partial charge in [0.25, 0.3) is 0 Å². The largest absolute Gasteiger partial charge is 1.00 e. The maximum absolute atomic E-state index is 8.00. The Bertz CT molecular complexity index is 815. The number of hydrogen-bond acceptors (Lipinski definition) is 9. The van der Waals surface area contributed by atoms with Gasteiger partial charge in [0.1, 0.15) is 16.6 Å². The second-order valence-electron chi connectivity index (χ2n) is 4.16. The number of amidine groups is 1. The fourth-order valence-corrected chi connectivity index (χ4v) is 1.69. The summed E-state index contributed by atoms with van der Waals surface area (Å²) in [6.07, 6.45) is 4.60. The average Bonchev–Trinajstić information content (AvgIpc) is 3.18. The van der Waals surface area contributed by atoms with Crippen LogP contribution in [0.15, 0.2) is 53.4 Å². The molecule has 0 atom stereocenters. The minimum atomic E-state index is 0. The fraction of sp³-hybridized carbons (Fsp3) is 0. The number of nitrogens with one attached hydrogen (secondary N) is 1. The van der Waals surface area contributed by atoms with Crippen LogP contribution in [0.25, 0.3) is 11.4 Å². The molecule has 136 valence electrons. The van der Waals surface area contributed by atoms with Gasteiger partial charge >= 0.3 is 29.6 Å². The minimum Gasteiger partial charge on any atom is -0.444 e. The summed E-state index contributed by atoms with van der Waals surface area (Å²) in [4.78, 5) is 19.7. The van der Waals surface area contributed by atoms with Crippen molar-refractivity contribution in [3.05, 3.63) is 69.0 Å². The second kappa shape index (κ2) is 13.8. The molecule has 11 nitrogen and oxygen atoms in total. The number of hydrazone groups is 1. The summed E-state index contributed by atoms with van der Waals surface area (Å²) >= 11 is 11.2. The zero-order chi connectivity index (χ0) is 19.4. The number of nitrogens with zero attached hydrogens (tertiary/aromatic N) is 6. The SMILES string of the molecule is Clc1ccc(-c2ncn[nH]2)cn1.NN=C(N)c1ccc(Cl)nc1.O=N[O-].[Na+]. The van der Waals surface area contributed by atoms with E-state index in [9.17, 15) is 0 Å². The monoisotopic (exact) mass is 419 g/mol. The summed E-state index contributed by atoms with van der Waals surface area (Å²) < 4.78 is 0. The van der Waals surface area contributed by atoms with Crippen LogP contribution in [0.1, 0.15) is 5.56 Å². The average molecular weight is 420 g/mol. The first kappa shape index (κ1) is 24.7. The van der Waals surface area contributed by atoms with Gasteiger partial charge < -0.3 is 21.7 Å². The van der Waals surface area contributed by atoms with E-state index in [0.717, 1.165) is 10.9 Å². The molecule has 0 spiro atoms. The van der Waals surface area contributed by atoms with Crippen LogP contribution in [0.2, 0.25) is 10.3 Å². The first-order chi connectivity index (χ1) is 12.5. The zero-order valence-electron chi connectivity index (χ0n) is 14.0. The maximum Gasteiger partial charge on any atom is 1.00 e. The molecule has 0 saturated carbocycles. The van der Waals surface area contributed by atoms with Crippen molar-refractivity contribution in [1.82, 2.24) is 25.1 Å². The molecule has 3 aromatic heterocycles. The smallest absolute Gasteiger partial charge is 0.444 e. The van der Waals surface area contributed by atoms with Gasteiger partial charge in [-0.15, -0.1) is 5.34 Å². The number of pyridine rings is 2. The third-order valence-electron chi connectivity index (χ3n) is 2.58. The molecule has 0 fully saturated rings. The van der Waals surface area contributed by atoms with Gasteiger partial charge in [-0.1, -0.05) is 23.2 Å². The van der Waals surface area contributed by atoms with Crippen LogP contribution in [-0.4, -0.2) is 31.0 Å². The van der Waals surface area contributed by atoms with Gasteiger partial charge in [0.05, 0.1) is 0 Å². The molecule has 5 N–H and O–H groups in total. The topological polar surface area (TPSA) is 184 Å². The minimum absolute atomic E-state index is 0. The van der Waals surface area contributed by atoms with Gasteiger partial charge in [0.2, 0.25) is 0 Å². The Balaban J connectivity index is 0.000000426. The van der Waals surface area contributed by atoms with E-state index in [4.69, 9.17) is 44.9 Å². The molecule has 3 rings (SSSR count). The summed E-state index contributed by atoms with van der Waals surface area (Å²) in [5.74, 6) is 5.88. The Labute approximate surface area is 185 Å². The predicted octanol–water partition coefficient (Wildman–Crippen LogP) is -0.911. The van der Waals surface area contributed by atoms with Gasteiger partial charge in [-0.3, -0.25) is 5.10 Å². The Kier molecular flexibility index (Phi) is 12.7. The van der Waals surface area contributed by atoms with Gasteiger partial charge in [-0.2, -0.15) is 10.2 Å². The van der Waals surface area contributed by atoms with Crippen molar-refractivity contribution < 1.29 is 29.6 Å². The third-order valence-corrected chi connectivity index (χ3v) is 3.03. The molecule has 0 aromatic carbocycles. The summed E-state index contributed by atoms with van der Waals surface area (Å²) in [5, 5.41) is 19.6. The quantitative estimate of drug-likeness (QED) is 0.0904. The molecule has 0 unspecified atom stereocenters. The number of rotatable bonds is 2. The molecule has 27 heavy (non-hydrogen) atoms. The number of H-pyrrole nitrogens is 1. The molecular formula is C13H12Cl2N9NaO2. The molecule has 0 aliphatic carbocycles. The van der Waals surface area contributed by atoms with Crippen LogP contribution in [0.5, 0.6) is 0 Å². The summed E-state index contributed by atoms with van der Waals surface area (Å²) in [5.41, 5.74) is 6.92. The number of aromatic amines is 1. The van der Waals surface area contributed by atoms with E-state index in [1.54, 1.807) is 24.4 Å². The predicted molar refractivity (Wildman–Crippen MR) is 97.9 cm³/mol. The van der Waals surface area contributed by atoms with Crippen LogP contribution in [0.4, 0.5) is 0 Å². The molecule has 14 heteroatoms. The van der Waals surface area contributed by atoms with E-state index in [2.05, 4.69) is 30.3 Å². The van der Waals surface area contributed by atoms with Crippen LogP contribution >= 0.6 is 23.2 Å². The molecule has 0 aliphatic heterocycles. The maximum atomic E-state index is 8.00. The fourth-order valence-electron chi connectivity index (χ4n) is 1.46. The van der Waals surface area contributed by atoms with Crippen molar-refractivity contribution in [2.45, 2.75) is 0 Å². The summed E-state index contributed by atoms with van der Waals surface area (Å²) in [6.45, 7) is 0. The number of nitrogens with two attached hydrogens (primary N) is 2. The zero-order valence-corrected chi connectivity index (χ0v) is 17.5. The van der Waals surface area contributed by atoms with Gasteiger partial charge in [0.15, 0.2) is 11.7 Å². The van der Waals surface area contributed by atoms with E-state index in [1.165, 1.54) is 12.5 Å². The van der Waals surface area contributed by atoms with Gasteiger partial charge in [-0.25, -0.2) is 15.0 Å². The van der Waals surface area contributed by atoms with Crippen molar-refractivity contribution in [3.63, 3.8) is 0 Å². The van der Waals surface area contributed by atoms with Gasteiger partial charge in [0, 0.05) is 23.5 Å². The Morgan fingerprint density at radius 1 is 1.07 bits per heavy atom. The molecule has 0 radical (unpaired) electrons. The summed E-state index contributed by atoms with van der Waals surface area (Å²) in [6, 6.07) is 6.85. The van der Waals surface area contributed by atoms with E-state index >= 15 is 0 Å². The second-order valence-corrected chi connectivity index (χ2v) is 4.94. The molecule has 0 bridgehead atoms. The molecular weight excluding hydrogens is 408 g/mol. The molecule has 3 aromatic rings. The summed E-state index contributed by atoms with van der Waals surface area (Å²) in [7, 11) is 0. The van der Waals surface area contributed by atoms with E-state index < -0.39 is 0 Å². The number of aromatic nitrogens is 5. The van der Waals surface area contributed by atoms with Crippen LogP contribution in [-0.2, 0) is 0 Å². The van der Waals surface area contributed by atoms with Crippen LogP contribution in [0, 0.1) is 10.1 Å². The van der Waals surface area contributed by atoms with Crippen LogP contribution in [0.3, 0.4) is 0 Å². The van der Waals surface area contributed by atoms with E-state index in [-0.39, 0.29) is 35.4 Å². The molecule has 0 amide bonds. The molecule has 0 saturated heterocycles. The van der Waals surface area contributed by atoms with Crippen LogP contribution < -0.4 is 41.1 Å². The number of halogens is 2. The van der Waals surface area contributed by atoms with Gasteiger partial charge in [-0.05, 0) is 24.3 Å². The Morgan fingerprint density at radius 2 is 1.67 bits per heavy atom. The van der Waals surface area contributed by atoms with Crippen molar-refractivity contribution >= 4 is 29.0 Å². The number of hydrogen-bond donors (Lipinski definition) is 3. The molecule has 0 aliphatic rings. The van der Waals surface area contributed by atoms with Crippen molar-refractivity contribution in [3.8, 4) is 11.4 Å². The third kappa shape index (κ3) is 9.26. The normalized spacial score (nSPS) is 9.63. The first-order valence-electron chi connectivity index (χ1n) is 6.59. The van der Waals surface area contributed by atoms with E-state index in [1.807, 2.05) is 6.07 Å². The van der Waals surface area contributed by atoms with Crippen molar-refractivity contribution in [2.24, 2.45) is 22.0 Å².